The molecule has 0 saturated heterocycles. The third-order valence-electron chi connectivity index (χ3n) is 11.0. The Morgan fingerprint density at radius 2 is 0.964 bits per heavy atom. The molecule has 9 aromatic carbocycles. The first-order valence-electron chi connectivity index (χ1n) is 18.8. The molecular formula is C52H34N2S. The van der Waals surface area contributed by atoms with E-state index in [2.05, 4.69) is 216 Å². The predicted octanol–water partition coefficient (Wildman–Crippen LogP) is 15.1. The molecule has 2 heterocycles. The van der Waals surface area contributed by atoms with Crippen LogP contribution in [-0.2, 0) is 0 Å². The Morgan fingerprint density at radius 1 is 0.364 bits per heavy atom. The number of aromatic nitrogens is 1. The minimum Gasteiger partial charge on any atom is -0.310 e. The summed E-state index contributed by atoms with van der Waals surface area (Å²) >= 11 is 1.86. The van der Waals surface area contributed by atoms with E-state index in [-0.39, 0.29) is 0 Å². The molecule has 0 amide bonds. The molecule has 0 unspecified atom stereocenters. The van der Waals surface area contributed by atoms with E-state index in [1.807, 2.05) is 11.3 Å². The van der Waals surface area contributed by atoms with Crippen molar-refractivity contribution in [1.82, 2.24) is 4.57 Å². The molecule has 2 nitrogen and oxygen atoms in total. The van der Waals surface area contributed by atoms with E-state index in [1.54, 1.807) is 0 Å². The Balaban J connectivity index is 1.11. The summed E-state index contributed by atoms with van der Waals surface area (Å²) in [5, 5.41) is 7.62. The van der Waals surface area contributed by atoms with Crippen molar-refractivity contribution < 1.29 is 0 Å². The van der Waals surface area contributed by atoms with Crippen molar-refractivity contribution in [2.45, 2.75) is 0 Å². The number of nitrogens with zero attached hydrogens (tertiary/aromatic N) is 2. The number of thiophene rings is 1. The second-order valence-corrected chi connectivity index (χ2v) is 15.2. The van der Waals surface area contributed by atoms with Crippen molar-refractivity contribution in [3.05, 3.63) is 206 Å². The van der Waals surface area contributed by atoms with Gasteiger partial charge in [0.25, 0.3) is 0 Å². The first kappa shape index (κ1) is 31.6. The molecule has 0 saturated carbocycles. The van der Waals surface area contributed by atoms with Gasteiger partial charge in [-0.25, -0.2) is 0 Å². The zero-order chi connectivity index (χ0) is 36.3. The van der Waals surface area contributed by atoms with Crippen molar-refractivity contribution in [2.24, 2.45) is 0 Å². The van der Waals surface area contributed by atoms with Gasteiger partial charge in [-0.2, -0.15) is 0 Å². The summed E-state index contributed by atoms with van der Waals surface area (Å²) in [5.74, 6) is 0. The number of hydrogen-bond acceptors (Lipinski definition) is 2. The molecule has 3 heteroatoms. The average molecular weight is 719 g/mol. The van der Waals surface area contributed by atoms with Gasteiger partial charge in [0.1, 0.15) is 0 Å². The van der Waals surface area contributed by atoms with Gasteiger partial charge in [0.15, 0.2) is 0 Å². The molecule has 55 heavy (non-hydrogen) atoms. The quantitative estimate of drug-likeness (QED) is 0.166. The number of hydrogen-bond donors (Lipinski definition) is 0. The van der Waals surface area contributed by atoms with Gasteiger partial charge in [-0.1, -0.05) is 140 Å². The number of rotatable bonds is 6. The lowest BCUT2D eigenvalue weighted by Gasteiger charge is -2.28. The molecule has 0 aliphatic heterocycles. The molecule has 0 spiro atoms. The van der Waals surface area contributed by atoms with Crippen LogP contribution in [0, 0.1) is 0 Å². The Morgan fingerprint density at radius 3 is 1.78 bits per heavy atom. The van der Waals surface area contributed by atoms with E-state index in [0.29, 0.717) is 0 Å². The van der Waals surface area contributed by atoms with Crippen molar-refractivity contribution in [1.29, 1.82) is 0 Å². The summed E-state index contributed by atoms with van der Waals surface area (Å²) in [6.45, 7) is 0. The maximum Gasteiger partial charge on any atom is 0.0541 e. The lowest BCUT2D eigenvalue weighted by molar-refractivity contribution is 1.17. The zero-order valence-electron chi connectivity index (χ0n) is 29.9. The second kappa shape index (κ2) is 12.9. The van der Waals surface area contributed by atoms with E-state index in [0.717, 1.165) is 22.7 Å². The fraction of sp³-hybridized carbons (Fsp3) is 0. The van der Waals surface area contributed by atoms with E-state index in [9.17, 15) is 0 Å². The molecule has 0 aliphatic rings. The van der Waals surface area contributed by atoms with Gasteiger partial charge in [-0.05, 0) is 94.2 Å². The molecule has 0 fully saturated rings. The molecule has 0 N–H and O–H groups in total. The normalized spacial score (nSPS) is 11.6. The van der Waals surface area contributed by atoms with Crippen LogP contribution < -0.4 is 4.90 Å². The fourth-order valence-corrected chi connectivity index (χ4v) is 9.56. The van der Waals surface area contributed by atoms with Crippen LogP contribution in [0.1, 0.15) is 0 Å². The third-order valence-corrected chi connectivity index (χ3v) is 12.1. The molecule has 258 valence electrons. The Hall–Kier alpha value is -6.94. The fourth-order valence-electron chi connectivity index (χ4n) is 8.47. The van der Waals surface area contributed by atoms with Crippen molar-refractivity contribution >= 4 is 81.1 Å². The van der Waals surface area contributed by atoms with Crippen LogP contribution in [0.5, 0.6) is 0 Å². The Labute approximate surface area is 323 Å². The van der Waals surface area contributed by atoms with Crippen LogP contribution in [0.2, 0.25) is 0 Å². The first-order chi connectivity index (χ1) is 27.3. The summed E-state index contributed by atoms with van der Waals surface area (Å²) in [5.41, 5.74) is 11.6. The minimum absolute atomic E-state index is 1.09. The van der Waals surface area contributed by atoms with Gasteiger partial charge >= 0.3 is 0 Å². The molecule has 0 radical (unpaired) electrons. The molecule has 11 rings (SSSR count). The number of para-hydroxylation sites is 3. The van der Waals surface area contributed by atoms with Crippen LogP contribution in [0.15, 0.2) is 206 Å². The second-order valence-electron chi connectivity index (χ2n) is 14.1. The number of anilines is 3. The highest BCUT2D eigenvalue weighted by Crippen LogP contribution is 2.44. The number of benzene rings is 9. The summed E-state index contributed by atoms with van der Waals surface area (Å²) in [6, 6.07) is 75.3. The van der Waals surface area contributed by atoms with Gasteiger partial charge in [0, 0.05) is 53.6 Å². The standard InChI is InChI=1S/C52H34N2S/c1-2-17-41-35(13-1)14-11-22-42(41)36-27-30-38(31-28-36)53(39-15-12-16-40(34-39)54-49-24-8-4-19-44(49)45-20-5-9-25-50(45)54)48-23-7-3-18-43(48)37-29-32-52-47(33-37)46-21-6-10-26-51(46)55-52/h1-34H. The summed E-state index contributed by atoms with van der Waals surface area (Å²) < 4.78 is 5.03. The van der Waals surface area contributed by atoms with E-state index >= 15 is 0 Å². The lowest BCUT2D eigenvalue weighted by atomic mass is 9.97. The lowest BCUT2D eigenvalue weighted by Crippen LogP contribution is -2.11. The van der Waals surface area contributed by atoms with Crippen molar-refractivity contribution in [2.75, 3.05) is 4.90 Å². The molecule has 0 atom stereocenters. The maximum atomic E-state index is 2.43. The molecule has 11 aromatic rings. The highest BCUT2D eigenvalue weighted by atomic mass is 32.1. The van der Waals surface area contributed by atoms with Gasteiger partial charge in [-0.15, -0.1) is 11.3 Å². The molecule has 0 aliphatic carbocycles. The van der Waals surface area contributed by atoms with Crippen LogP contribution in [-0.4, -0.2) is 4.57 Å². The highest BCUT2D eigenvalue weighted by molar-refractivity contribution is 7.25. The van der Waals surface area contributed by atoms with E-state index in [1.165, 1.54) is 75.0 Å². The third kappa shape index (κ3) is 5.24. The Bertz CT molecular complexity index is 3160. The van der Waals surface area contributed by atoms with Crippen LogP contribution in [0.25, 0.3) is 80.7 Å². The molecular weight excluding hydrogens is 685 g/mol. The maximum absolute atomic E-state index is 2.43. The van der Waals surface area contributed by atoms with Crippen molar-refractivity contribution in [3.63, 3.8) is 0 Å². The Kier molecular flexibility index (Phi) is 7.39. The summed E-state index contributed by atoms with van der Waals surface area (Å²) in [7, 11) is 0. The highest BCUT2D eigenvalue weighted by Gasteiger charge is 2.20. The average Bonchev–Trinajstić information content (AvgIpc) is 3.80. The topological polar surface area (TPSA) is 8.17 Å². The zero-order valence-corrected chi connectivity index (χ0v) is 30.7. The van der Waals surface area contributed by atoms with Gasteiger partial charge < -0.3 is 9.47 Å². The van der Waals surface area contributed by atoms with Crippen molar-refractivity contribution in [3.8, 4) is 27.9 Å². The predicted molar refractivity (Wildman–Crippen MR) is 237 cm³/mol. The van der Waals surface area contributed by atoms with Gasteiger partial charge in [-0.3, -0.25) is 0 Å². The summed E-state index contributed by atoms with van der Waals surface area (Å²) in [4.78, 5) is 2.43. The van der Waals surface area contributed by atoms with E-state index in [4.69, 9.17) is 0 Å². The van der Waals surface area contributed by atoms with Gasteiger partial charge in [0.2, 0.25) is 0 Å². The van der Waals surface area contributed by atoms with Crippen LogP contribution in [0.4, 0.5) is 17.1 Å². The monoisotopic (exact) mass is 718 g/mol. The molecule has 2 aromatic heterocycles. The van der Waals surface area contributed by atoms with E-state index < -0.39 is 0 Å². The van der Waals surface area contributed by atoms with Crippen LogP contribution >= 0.6 is 11.3 Å². The van der Waals surface area contributed by atoms with Gasteiger partial charge in [0.05, 0.1) is 16.7 Å². The minimum atomic E-state index is 1.09. The summed E-state index contributed by atoms with van der Waals surface area (Å²) in [6.07, 6.45) is 0. The number of fused-ring (bicyclic) bond motifs is 7. The first-order valence-corrected chi connectivity index (χ1v) is 19.6. The SMILES string of the molecule is c1cc(N(c2ccc(-c3cccc4ccccc34)cc2)c2ccccc2-c2ccc3sc4ccccc4c3c2)cc(-n2c3ccccc3c3ccccc32)c1. The molecule has 0 bridgehead atoms. The largest absolute Gasteiger partial charge is 0.310 e. The van der Waals surface area contributed by atoms with Crippen LogP contribution in [0.3, 0.4) is 0 Å². The smallest absolute Gasteiger partial charge is 0.0541 e.